The van der Waals surface area contributed by atoms with Crippen LogP contribution in [-0.2, 0) is 5.41 Å². The van der Waals surface area contributed by atoms with Crippen molar-refractivity contribution < 1.29 is 10.2 Å². The third-order valence-electron chi connectivity index (χ3n) is 3.97. The van der Waals surface area contributed by atoms with Crippen molar-refractivity contribution in [3.8, 4) is 11.5 Å². The Kier molecular flexibility index (Phi) is 2.99. The molecular weight excluding hydrogens is 290 g/mol. The quantitative estimate of drug-likeness (QED) is 0.790. The van der Waals surface area contributed by atoms with Gasteiger partial charge in [0.25, 0.3) is 0 Å². The standard InChI is InChI=1S/C16H18ClNO3/c1-16(2,3)9-7-18(8-4-5-8)10-6-11(19)15(21)13(17)12(10)14(9)20/h6-8,19,21H,4-5H2,1-3H3. The van der Waals surface area contributed by atoms with E-state index in [2.05, 4.69) is 0 Å². The highest BCUT2D eigenvalue weighted by Crippen LogP contribution is 2.43. The Labute approximate surface area is 127 Å². The predicted molar refractivity (Wildman–Crippen MR) is 83.5 cm³/mol. The van der Waals surface area contributed by atoms with Crippen molar-refractivity contribution in [2.24, 2.45) is 0 Å². The number of pyridine rings is 1. The summed E-state index contributed by atoms with van der Waals surface area (Å²) in [7, 11) is 0. The summed E-state index contributed by atoms with van der Waals surface area (Å²) in [5.74, 6) is -0.737. The lowest BCUT2D eigenvalue weighted by molar-refractivity contribution is 0.404. The molecule has 1 fully saturated rings. The fourth-order valence-electron chi connectivity index (χ4n) is 2.62. The summed E-state index contributed by atoms with van der Waals surface area (Å²) in [5.41, 5.74) is 0.734. The SMILES string of the molecule is CC(C)(C)c1cn(C2CC2)c2cc(O)c(O)c(Cl)c2c1=O. The maximum atomic E-state index is 12.8. The van der Waals surface area contributed by atoms with E-state index < -0.39 is 5.75 Å². The van der Waals surface area contributed by atoms with Crippen molar-refractivity contribution in [2.45, 2.75) is 45.1 Å². The number of halogens is 1. The molecule has 2 N–H and O–H groups in total. The van der Waals surface area contributed by atoms with Crippen LogP contribution in [0.4, 0.5) is 0 Å². The highest BCUT2D eigenvalue weighted by molar-refractivity contribution is 6.37. The Balaban J connectivity index is 2.50. The van der Waals surface area contributed by atoms with Gasteiger partial charge in [-0.15, -0.1) is 0 Å². The first-order chi connectivity index (χ1) is 9.71. The van der Waals surface area contributed by atoms with Crippen molar-refractivity contribution >= 4 is 22.5 Å². The molecule has 1 saturated carbocycles. The Morgan fingerprint density at radius 2 is 1.90 bits per heavy atom. The van der Waals surface area contributed by atoms with Gasteiger partial charge in [0.15, 0.2) is 16.9 Å². The molecule has 1 aromatic carbocycles. The molecule has 4 nitrogen and oxygen atoms in total. The molecule has 21 heavy (non-hydrogen) atoms. The van der Waals surface area contributed by atoms with Crippen LogP contribution in [0.2, 0.25) is 5.02 Å². The minimum atomic E-state index is -0.435. The summed E-state index contributed by atoms with van der Waals surface area (Å²) in [4.78, 5) is 12.8. The number of phenols is 2. The normalized spacial score (nSPS) is 15.6. The number of nitrogens with zero attached hydrogens (tertiary/aromatic N) is 1. The summed E-state index contributed by atoms with van der Waals surface area (Å²) in [6, 6.07) is 1.75. The maximum Gasteiger partial charge on any atom is 0.194 e. The van der Waals surface area contributed by atoms with Crippen LogP contribution in [0.3, 0.4) is 0 Å². The molecule has 2 aromatic rings. The van der Waals surface area contributed by atoms with E-state index in [0.29, 0.717) is 17.1 Å². The highest BCUT2D eigenvalue weighted by atomic mass is 35.5. The minimum absolute atomic E-state index is 0.0736. The summed E-state index contributed by atoms with van der Waals surface area (Å²) >= 11 is 6.13. The van der Waals surface area contributed by atoms with Crippen molar-refractivity contribution in [1.29, 1.82) is 0 Å². The number of hydrogen-bond acceptors (Lipinski definition) is 3. The monoisotopic (exact) mass is 307 g/mol. The molecule has 1 aliphatic rings. The van der Waals surface area contributed by atoms with Gasteiger partial charge in [0.2, 0.25) is 0 Å². The summed E-state index contributed by atoms with van der Waals surface area (Å²) in [6.07, 6.45) is 3.96. The van der Waals surface area contributed by atoms with Gasteiger partial charge < -0.3 is 14.8 Å². The smallest absolute Gasteiger partial charge is 0.194 e. The van der Waals surface area contributed by atoms with Gasteiger partial charge in [-0.2, -0.15) is 0 Å². The molecule has 0 spiro atoms. The zero-order valence-electron chi connectivity index (χ0n) is 12.3. The van der Waals surface area contributed by atoms with Gasteiger partial charge in [-0.1, -0.05) is 32.4 Å². The van der Waals surface area contributed by atoms with Crippen LogP contribution in [0.1, 0.15) is 45.2 Å². The van der Waals surface area contributed by atoms with Crippen molar-refractivity contribution in [1.82, 2.24) is 4.57 Å². The molecule has 5 heteroatoms. The molecule has 112 valence electrons. The molecule has 0 unspecified atom stereocenters. The van der Waals surface area contributed by atoms with Gasteiger partial charge in [0.1, 0.15) is 0 Å². The average Bonchev–Trinajstić information content (AvgIpc) is 3.18. The van der Waals surface area contributed by atoms with Crippen LogP contribution in [0.5, 0.6) is 11.5 Å². The number of hydrogen-bond donors (Lipinski definition) is 2. The number of aromatic nitrogens is 1. The van der Waals surface area contributed by atoms with E-state index in [-0.39, 0.29) is 27.0 Å². The molecule has 0 amide bonds. The zero-order chi connectivity index (χ0) is 15.5. The van der Waals surface area contributed by atoms with E-state index in [9.17, 15) is 15.0 Å². The summed E-state index contributed by atoms with van der Waals surface area (Å²) < 4.78 is 2.00. The van der Waals surface area contributed by atoms with E-state index >= 15 is 0 Å². The predicted octanol–water partition coefficient (Wildman–Crippen LogP) is 3.70. The van der Waals surface area contributed by atoms with Crippen LogP contribution in [0.15, 0.2) is 17.1 Å². The molecule has 0 bridgehead atoms. The lowest BCUT2D eigenvalue weighted by Crippen LogP contribution is -2.25. The summed E-state index contributed by atoms with van der Waals surface area (Å²) in [5, 5.41) is 19.8. The lowest BCUT2D eigenvalue weighted by atomic mass is 9.87. The van der Waals surface area contributed by atoms with E-state index in [1.54, 1.807) is 0 Å². The van der Waals surface area contributed by atoms with Gasteiger partial charge in [0.05, 0.1) is 15.9 Å². The second-order valence-corrected chi connectivity index (χ2v) is 7.09. The first-order valence-corrected chi connectivity index (χ1v) is 7.39. The van der Waals surface area contributed by atoms with Crippen LogP contribution < -0.4 is 5.43 Å². The summed E-state index contributed by atoms with van der Waals surface area (Å²) in [6.45, 7) is 5.92. The van der Waals surface area contributed by atoms with Crippen molar-refractivity contribution in [3.05, 3.63) is 33.1 Å². The third-order valence-corrected chi connectivity index (χ3v) is 4.33. The van der Waals surface area contributed by atoms with Crippen LogP contribution in [0, 0.1) is 0 Å². The van der Waals surface area contributed by atoms with Gasteiger partial charge in [0, 0.05) is 23.9 Å². The molecule has 1 heterocycles. The highest BCUT2D eigenvalue weighted by Gasteiger charge is 2.29. The Morgan fingerprint density at radius 1 is 1.29 bits per heavy atom. The molecule has 0 aliphatic heterocycles. The molecule has 1 aromatic heterocycles. The fraction of sp³-hybridized carbons (Fsp3) is 0.438. The van der Waals surface area contributed by atoms with E-state index in [0.717, 1.165) is 12.8 Å². The van der Waals surface area contributed by atoms with Gasteiger partial charge in [-0.25, -0.2) is 0 Å². The van der Waals surface area contributed by atoms with Gasteiger partial charge in [-0.3, -0.25) is 4.79 Å². The Morgan fingerprint density at radius 3 is 2.43 bits per heavy atom. The first-order valence-electron chi connectivity index (χ1n) is 7.01. The van der Waals surface area contributed by atoms with Crippen LogP contribution in [0.25, 0.3) is 10.9 Å². The molecule has 0 atom stereocenters. The molecule has 1 aliphatic carbocycles. The van der Waals surface area contributed by atoms with E-state index in [4.69, 9.17) is 11.6 Å². The molecule has 0 saturated heterocycles. The molecular formula is C16H18ClNO3. The van der Waals surface area contributed by atoms with Crippen molar-refractivity contribution in [2.75, 3.05) is 0 Å². The largest absolute Gasteiger partial charge is 0.504 e. The second kappa shape index (κ2) is 4.41. The number of aromatic hydroxyl groups is 2. The van der Waals surface area contributed by atoms with Gasteiger partial charge in [-0.05, 0) is 18.3 Å². The number of rotatable bonds is 1. The number of phenolic OH excluding ortho intramolecular Hbond substituents is 2. The molecule has 0 radical (unpaired) electrons. The topological polar surface area (TPSA) is 62.5 Å². The Hall–Kier alpha value is -1.68. The molecule has 3 rings (SSSR count). The van der Waals surface area contributed by atoms with Crippen LogP contribution >= 0.6 is 11.6 Å². The zero-order valence-corrected chi connectivity index (χ0v) is 13.0. The average molecular weight is 308 g/mol. The van der Waals surface area contributed by atoms with Crippen molar-refractivity contribution in [3.63, 3.8) is 0 Å². The van der Waals surface area contributed by atoms with Gasteiger partial charge >= 0.3 is 0 Å². The fourth-order valence-corrected chi connectivity index (χ4v) is 2.90. The lowest BCUT2D eigenvalue weighted by Gasteiger charge is -2.22. The first kappa shape index (κ1) is 14.3. The van der Waals surface area contributed by atoms with E-state index in [1.165, 1.54) is 6.07 Å². The van der Waals surface area contributed by atoms with Crippen LogP contribution in [-0.4, -0.2) is 14.8 Å². The second-order valence-electron chi connectivity index (χ2n) is 6.71. The number of benzene rings is 1. The maximum absolute atomic E-state index is 12.8. The number of fused-ring (bicyclic) bond motifs is 1. The van der Waals surface area contributed by atoms with E-state index in [1.807, 2.05) is 31.5 Å². The Bertz CT molecular complexity index is 798. The third kappa shape index (κ3) is 2.18. The minimum Gasteiger partial charge on any atom is -0.504 e.